The Balaban J connectivity index is 1.92. The number of aryl methyl sites for hydroxylation is 1. The van der Waals surface area contributed by atoms with Crippen LogP contribution in [-0.4, -0.2) is 29.8 Å². The molecule has 1 aliphatic rings. The number of benzene rings is 1. The summed E-state index contributed by atoms with van der Waals surface area (Å²) in [6, 6.07) is 8.47. The van der Waals surface area contributed by atoms with Gasteiger partial charge in [0.05, 0.1) is 6.10 Å². The lowest BCUT2D eigenvalue weighted by molar-refractivity contribution is -0.136. The van der Waals surface area contributed by atoms with Crippen LogP contribution in [0.4, 0.5) is 5.69 Å². The first-order chi connectivity index (χ1) is 9.13. The van der Waals surface area contributed by atoms with Gasteiger partial charge in [-0.1, -0.05) is 12.1 Å². The maximum Gasteiger partial charge on any atom is 0.303 e. The Hall–Kier alpha value is -1.55. The van der Waals surface area contributed by atoms with Crippen LogP contribution in [0.2, 0.25) is 0 Å². The van der Waals surface area contributed by atoms with Gasteiger partial charge in [-0.2, -0.15) is 0 Å². The van der Waals surface area contributed by atoms with E-state index >= 15 is 0 Å². The van der Waals surface area contributed by atoms with Crippen LogP contribution in [0.25, 0.3) is 0 Å². The molecule has 0 spiro atoms. The highest BCUT2D eigenvalue weighted by Crippen LogP contribution is 2.19. The van der Waals surface area contributed by atoms with Crippen LogP contribution < -0.4 is 5.32 Å². The molecule has 1 aromatic rings. The first-order valence-corrected chi connectivity index (χ1v) is 6.82. The van der Waals surface area contributed by atoms with E-state index < -0.39 is 5.97 Å². The van der Waals surface area contributed by atoms with Gasteiger partial charge in [-0.25, -0.2) is 0 Å². The molecule has 4 heteroatoms. The van der Waals surface area contributed by atoms with E-state index in [0.29, 0.717) is 18.6 Å². The van der Waals surface area contributed by atoms with Gasteiger partial charge in [0.1, 0.15) is 0 Å². The first kappa shape index (κ1) is 13.9. The van der Waals surface area contributed by atoms with Crippen LogP contribution in [-0.2, 0) is 16.0 Å². The number of rotatable bonds is 5. The minimum Gasteiger partial charge on any atom is -0.481 e. The molecule has 0 aliphatic carbocycles. The number of ether oxygens (including phenoxy) is 1. The molecule has 0 bridgehead atoms. The Morgan fingerprint density at radius 3 is 3.11 bits per heavy atom. The van der Waals surface area contributed by atoms with Crippen LogP contribution in [0.3, 0.4) is 0 Å². The fourth-order valence-electron chi connectivity index (χ4n) is 2.43. The number of aliphatic carboxylic acids is 1. The van der Waals surface area contributed by atoms with E-state index in [4.69, 9.17) is 9.84 Å². The lowest BCUT2D eigenvalue weighted by Crippen LogP contribution is -2.32. The molecule has 0 aromatic heterocycles. The summed E-state index contributed by atoms with van der Waals surface area (Å²) < 4.78 is 5.53. The molecule has 1 heterocycles. The normalized spacial score (nSPS) is 23.0. The van der Waals surface area contributed by atoms with E-state index in [-0.39, 0.29) is 6.42 Å². The van der Waals surface area contributed by atoms with Crippen LogP contribution in [0.15, 0.2) is 24.3 Å². The quantitative estimate of drug-likeness (QED) is 0.857. The predicted molar refractivity (Wildman–Crippen MR) is 74.5 cm³/mol. The van der Waals surface area contributed by atoms with E-state index in [1.807, 2.05) is 24.3 Å². The molecule has 2 rings (SSSR count). The van der Waals surface area contributed by atoms with Crippen molar-refractivity contribution in [2.75, 3.05) is 11.9 Å². The maximum absolute atomic E-state index is 10.6. The lowest BCUT2D eigenvalue weighted by atomic mass is 10.0. The monoisotopic (exact) mass is 263 g/mol. The molecule has 1 saturated heterocycles. The van der Waals surface area contributed by atoms with Crippen molar-refractivity contribution in [2.24, 2.45) is 0 Å². The number of carboxylic acid groups (broad SMARTS) is 1. The summed E-state index contributed by atoms with van der Waals surface area (Å²) in [7, 11) is 0. The second-order valence-corrected chi connectivity index (χ2v) is 5.14. The Morgan fingerprint density at radius 2 is 2.37 bits per heavy atom. The minimum atomic E-state index is -0.753. The number of hydrogen-bond donors (Lipinski definition) is 2. The van der Waals surface area contributed by atoms with Crippen molar-refractivity contribution >= 4 is 11.7 Å². The zero-order valence-electron chi connectivity index (χ0n) is 11.3. The zero-order valence-corrected chi connectivity index (χ0v) is 11.3. The van der Waals surface area contributed by atoms with Gasteiger partial charge >= 0.3 is 5.97 Å². The molecular weight excluding hydrogens is 242 g/mol. The Bertz CT molecular complexity index is 433. The number of nitrogens with one attached hydrogen (secondary N) is 1. The summed E-state index contributed by atoms with van der Waals surface area (Å²) in [6.07, 6.45) is 3.09. The van der Waals surface area contributed by atoms with Crippen molar-refractivity contribution < 1.29 is 14.6 Å². The van der Waals surface area contributed by atoms with Crippen molar-refractivity contribution in [2.45, 2.75) is 44.8 Å². The Labute approximate surface area is 113 Å². The standard InChI is InChI=1S/C15H21NO3/c1-11-9-14(7-8-19-11)16-13-4-2-3-12(10-13)5-6-15(17)18/h2-4,10-11,14,16H,5-9H2,1H3,(H,17,18). The average Bonchev–Trinajstić information content (AvgIpc) is 2.37. The topological polar surface area (TPSA) is 58.6 Å². The smallest absolute Gasteiger partial charge is 0.303 e. The number of anilines is 1. The van der Waals surface area contributed by atoms with Gasteiger partial charge in [0, 0.05) is 24.8 Å². The van der Waals surface area contributed by atoms with Gasteiger partial charge < -0.3 is 15.2 Å². The molecule has 1 aliphatic heterocycles. The van der Waals surface area contributed by atoms with Crippen LogP contribution in [0, 0.1) is 0 Å². The van der Waals surface area contributed by atoms with Gasteiger partial charge in [0.2, 0.25) is 0 Å². The van der Waals surface area contributed by atoms with E-state index in [9.17, 15) is 4.79 Å². The Morgan fingerprint density at radius 1 is 1.53 bits per heavy atom. The molecule has 0 saturated carbocycles. The third-order valence-corrected chi connectivity index (χ3v) is 3.41. The lowest BCUT2D eigenvalue weighted by Gasteiger charge is -2.28. The minimum absolute atomic E-state index is 0.178. The molecular formula is C15H21NO3. The van der Waals surface area contributed by atoms with E-state index in [2.05, 4.69) is 12.2 Å². The fraction of sp³-hybridized carbons (Fsp3) is 0.533. The highest BCUT2D eigenvalue weighted by Gasteiger charge is 2.18. The predicted octanol–water partition coefficient (Wildman–Crippen LogP) is 2.68. The second-order valence-electron chi connectivity index (χ2n) is 5.14. The summed E-state index contributed by atoms with van der Waals surface area (Å²) >= 11 is 0. The van der Waals surface area contributed by atoms with Gasteiger partial charge in [0.25, 0.3) is 0 Å². The van der Waals surface area contributed by atoms with Crippen LogP contribution >= 0.6 is 0 Å². The van der Waals surface area contributed by atoms with Crippen molar-refractivity contribution in [3.05, 3.63) is 29.8 Å². The van der Waals surface area contributed by atoms with Crippen molar-refractivity contribution in [3.8, 4) is 0 Å². The summed E-state index contributed by atoms with van der Waals surface area (Å²) in [5.74, 6) is -0.753. The SMILES string of the molecule is CC1CC(Nc2cccc(CCC(=O)O)c2)CCO1. The second kappa shape index (κ2) is 6.57. The molecule has 2 atom stereocenters. The molecule has 1 aromatic carbocycles. The van der Waals surface area contributed by atoms with Crippen LogP contribution in [0.1, 0.15) is 31.7 Å². The third kappa shape index (κ3) is 4.56. The first-order valence-electron chi connectivity index (χ1n) is 6.82. The van der Waals surface area contributed by atoms with E-state index in [1.54, 1.807) is 0 Å². The molecule has 0 amide bonds. The van der Waals surface area contributed by atoms with Gasteiger partial charge in [-0.3, -0.25) is 4.79 Å². The summed E-state index contributed by atoms with van der Waals surface area (Å²) in [5.41, 5.74) is 2.13. The van der Waals surface area contributed by atoms with Crippen molar-refractivity contribution in [1.29, 1.82) is 0 Å². The van der Waals surface area contributed by atoms with Crippen molar-refractivity contribution in [3.63, 3.8) is 0 Å². The fourth-order valence-corrected chi connectivity index (χ4v) is 2.43. The highest BCUT2D eigenvalue weighted by atomic mass is 16.5. The van der Waals surface area contributed by atoms with Crippen molar-refractivity contribution in [1.82, 2.24) is 0 Å². The number of carboxylic acids is 1. The highest BCUT2D eigenvalue weighted by molar-refractivity contribution is 5.67. The van der Waals surface area contributed by atoms with Gasteiger partial charge in [-0.05, 0) is 43.9 Å². The van der Waals surface area contributed by atoms with Gasteiger partial charge in [-0.15, -0.1) is 0 Å². The summed E-state index contributed by atoms with van der Waals surface area (Å²) in [5, 5.41) is 12.2. The molecule has 2 N–H and O–H groups in total. The summed E-state index contributed by atoms with van der Waals surface area (Å²) in [6.45, 7) is 2.90. The van der Waals surface area contributed by atoms with E-state index in [1.165, 1.54) is 0 Å². The maximum atomic E-state index is 10.6. The van der Waals surface area contributed by atoms with Gasteiger partial charge in [0.15, 0.2) is 0 Å². The van der Waals surface area contributed by atoms with Crippen LogP contribution in [0.5, 0.6) is 0 Å². The average molecular weight is 263 g/mol. The van der Waals surface area contributed by atoms with E-state index in [0.717, 1.165) is 30.7 Å². The largest absolute Gasteiger partial charge is 0.481 e. The molecule has 104 valence electrons. The molecule has 1 fully saturated rings. The zero-order chi connectivity index (χ0) is 13.7. The number of hydrogen-bond acceptors (Lipinski definition) is 3. The molecule has 19 heavy (non-hydrogen) atoms. The number of carbonyl (C=O) groups is 1. The summed E-state index contributed by atoms with van der Waals surface area (Å²) in [4.78, 5) is 10.6. The Kier molecular flexibility index (Phi) is 4.80. The third-order valence-electron chi connectivity index (χ3n) is 3.41. The molecule has 2 unspecified atom stereocenters. The molecule has 0 radical (unpaired) electrons. The molecule has 4 nitrogen and oxygen atoms in total.